The maximum atomic E-state index is 13.1. The van der Waals surface area contributed by atoms with Crippen LogP contribution in [0.25, 0.3) is 0 Å². The van der Waals surface area contributed by atoms with Gasteiger partial charge in [0.2, 0.25) is 0 Å². The Morgan fingerprint density at radius 2 is 2.24 bits per heavy atom. The highest BCUT2D eigenvalue weighted by Gasteiger charge is 2.48. The van der Waals surface area contributed by atoms with E-state index in [1.54, 1.807) is 0 Å². The minimum Gasteiger partial charge on any atom is -0.384 e. The SMILES string of the molecule is CS(=O)(=O)C1CCCC1(O)c1cncc(F)c1. The Morgan fingerprint density at radius 3 is 2.82 bits per heavy atom. The molecule has 1 aliphatic carbocycles. The summed E-state index contributed by atoms with van der Waals surface area (Å²) in [5, 5.41) is 9.62. The van der Waals surface area contributed by atoms with E-state index in [0.29, 0.717) is 19.3 Å². The quantitative estimate of drug-likeness (QED) is 0.860. The normalized spacial score (nSPS) is 29.5. The molecular weight excluding hydrogens is 245 g/mol. The number of pyridine rings is 1. The number of hydrogen-bond donors (Lipinski definition) is 1. The van der Waals surface area contributed by atoms with Gasteiger partial charge in [0.1, 0.15) is 11.4 Å². The van der Waals surface area contributed by atoms with E-state index in [0.717, 1.165) is 18.5 Å². The monoisotopic (exact) mass is 259 g/mol. The Balaban J connectivity index is 2.48. The number of aromatic nitrogens is 1. The number of hydrogen-bond acceptors (Lipinski definition) is 4. The summed E-state index contributed by atoms with van der Waals surface area (Å²) in [6, 6.07) is 1.15. The third-order valence-corrected chi connectivity index (χ3v) is 4.94. The van der Waals surface area contributed by atoms with Gasteiger partial charge in [-0.25, -0.2) is 12.8 Å². The van der Waals surface area contributed by atoms with Gasteiger partial charge in [-0.15, -0.1) is 0 Å². The van der Waals surface area contributed by atoms with Crippen molar-refractivity contribution in [3.05, 3.63) is 29.8 Å². The molecule has 0 radical (unpaired) electrons. The van der Waals surface area contributed by atoms with Crippen LogP contribution < -0.4 is 0 Å². The van der Waals surface area contributed by atoms with Crippen molar-refractivity contribution in [2.75, 3.05) is 6.26 Å². The van der Waals surface area contributed by atoms with E-state index in [1.807, 2.05) is 0 Å². The van der Waals surface area contributed by atoms with Crippen LogP contribution in [0.3, 0.4) is 0 Å². The van der Waals surface area contributed by atoms with Crippen LogP contribution in [0.15, 0.2) is 18.5 Å². The number of halogens is 1. The fraction of sp³-hybridized carbons (Fsp3) is 0.545. The zero-order valence-corrected chi connectivity index (χ0v) is 10.2. The number of aliphatic hydroxyl groups is 1. The fourth-order valence-corrected chi connectivity index (χ4v) is 4.06. The van der Waals surface area contributed by atoms with Crippen molar-refractivity contribution in [2.24, 2.45) is 0 Å². The predicted octanol–water partition coefficient (Wildman–Crippen LogP) is 1.01. The third kappa shape index (κ3) is 2.19. The number of sulfone groups is 1. The van der Waals surface area contributed by atoms with Crippen LogP contribution >= 0.6 is 0 Å². The Hall–Kier alpha value is -1.01. The van der Waals surface area contributed by atoms with E-state index < -0.39 is 26.5 Å². The predicted molar refractivity (Wildman–Crippen MR) is 60.6 cm³/mol. The standard InChI is InChI=1S/C11H14FNO3S/c1-17(15,16)10-3-2-4-11(10,14)8-5-9(12)7-13-6-8/h5-7,10,14H,2-4H2,1H3. The largest absolute Gasteiger partial charge is 0.384 e. The summed E-state index contributed by atoms with van der Waals surface area (Å²) >= 11 is 0. The van der Waals surface area contributed by atoms with Gasteiger partial charge in [0.05, 0.1) is 11.4 Å². The van der Waals surface area contributed by atoms with Crippen LogP contribution in [0.2, 0.25) is 0 Å². The van der Waals surface area contributed by atoms with Crippen molar-refractivity contribution >= 4 is 9.84 Å². The second kappa shape index (κ2) is 4.03. The van der Waals surface area contributed by atoms with E-state index in [1.165, 1.54) is 6.20 Å². The molecule has 0 aromatic carbocycles. The lowest BCUT2D eigenvalue weighted by atomic mass is 9.93. The van der Waals surface area contributed by atoms with Crippen molar-refractivity contribution in [1.82, 2.24) is 4.98 Å². The lowest BCUT2D eigenvalue weighted by Crippen LogP contribution is -2.39. The molecule has 0 spiro atoms. The molecule has 1 saturated carbocycles. The van der Waals surface area contributed by atoms with Gasteiger partial charge >= 0.3 is 0 Å². The molecule has 17 heavy (non-hydrogen) atoms. The summed E-state index contributed by atoms with van der Waals surface area (Å²) in [5.74, 6) is -0.574. The van der Waals surface area contributed by atoms with Gasteiger partial charge < -0.3 is 5.11 Å². The smallest absolute Gasteiger partial charge is 0.153 e. The summed E-state index contributed by atoms with van der Waals surface area (Å²) in [7, 11) is -3.37. The first-order chi connectivity index (χ1) is 7.84. The van der Waals surface area contributed by atoms with Crippen LogP contribution in [0.5, 0.6) is 0 Å². The summed E-state index contributed by atoms with van der Waals surface area (Å²) in [5.41, 5.74) is -1.27. The van der Waals surface area contributed by atoms with E-state index >= 15 is 0 Å². The molecule has 0 bridgehead atoms. The second-order valence-corrected chi connectivity index (χ2v) is 6.75. The van der Waals surface area contributed by atoms with Gasteiger partial charge in [-0.1, -0.05) is 0 Å². The Labute approximate surface area is 99.4 Å². The van der Waals surface area contributed by atoms with Gasteiger partial charge in [0, 0.05) is 18.0 Å². The summed E-state index contributed by atoms with van der Waals surface area (Å²) in [6.07, 6.45) is 4.76. The van der Waals surface area contributed by atoms with Gasteiger partial charge in [0.25, 0.3) is 0 Å². The van der Waals surface area contributed by atoms with Gasteiger partial charge in [-0.05, 0) is 25.3 Å². The molecule has 1 heterocycles. The Kier molecular flexibility index (Phi) is 2.95. The molecule has 4 nitrogen and oxygen atoms in total. The maximum Gasteiger partial charge on any atom is 0.153 e. The highest BCUT2D eigenvalue weighted by molar-refractivity contribution is 7.91. The molecule has 94 valence electrons. The van der Waals surface area contributed by atoms with Crippen molar-refractivity contribution in [1.29, 1.82) is 0 Å². The molecule has 0 aliphatic heterocycles. The molecule has 1 N–H and O–H groups in total. The van der Waals surface area contributed by atoms with Gasteiger partial charge in [-0.3, -0.25) is 4.98 Å². The molecule has 0 saturated heterocycles. The Morgan fingerprint density at radius 1 is 1.53 bits per heavy atom. The van der Waals surface area contributed by atoms with Crippen LogP contribution in [0.4, 0.5) is 4.39 Å². The minimum absolute atomic E-state index is 0.241. The van der Waals surface area contributed by atoms with Crippen molar-refractivity contribution < 1.29 is 17.9 Å². The van der Waals surface area contributed by atoms with Crippen LogP contribution in [0.1, 0.15) is 24.8 Å². The van der Waals surface area contributed by atoms with Crippen molar-refractivity contribution in [2.45, 2.75) is 30.1 Å². The van der Waals surface area contributed by atoms with Gasteiger partial charge in [0.15, 0.2) is 9.84 Å². The molecule has 0 amide bonds. The Bertz CT molecular complexity index is 531. The summed E-state index contributed by atoms with van der Waals surface area (Å²) < 4.78 is 36.4. The average Bonchev–Trinajstić information content (AvgIpc) is 2.61. The summed E-state index contributed by atoms with van der Waals surface area (Å²) in [6.45, 7) is 0. The topological polar surface area (TPSA) is 67.3 Å². The van der Waals surface area contributed by atoms with Crippen LogP contribution in [-0.2, 0) is 15.4 Å². The maximum absolute atomic E-state index is 13.1. The highest BCUT2D eigenvalue weighted by atomic mass is 32.2. The highest BCUT2D eigenvalue weighted by Crippen LogP contribution is 2.42. The first-order valence-electron chi connectivity index (χ1n) is 5.36. The van der Waals surface area contributed by atoms with E-state index in [4.69, 9.17) is 0 Å². The fourth-order valence-electron chi connectivity index (χ4n) is 2.50. The van der Waals surface area contributed by atoms with Crippen LogP contribution in [0, 0.1) is 5.82 Å². The first-order valence-corrected chi connectivity index (χ1v) is 7.32. The van der Waals surface area contributed by atoms with Gasteiger partial charge in [-0.2, -0.15) is 0 Å². The number of nitrogens with zero attached hydrogens (tertiary/aromatic N) is 1. The van der Waals surface area contributed by atoms with E-state index in [-0.39, 0.29) is 5.56 Å². The van der Waals surface area contributed by atoms with Crippen LogP contribution in [-0.4, -0.2) is 30.0 Å². The lowest BCUT2D eigenvalue weighted by molar-refractivity contribution is 0.0470. The summed E-state index contributed by atoms with van der Waals surface area (Å²) in [4.78, 5) is 3.66. The molecule has 1 fully saturated rings. The molecule has 2 rings (SSSR count). The molecule has 6 heteroatoms. The number of rotatable bonds is 2. The minimum atomic E-state index is -3.37. The second-order valence-electron chi connectivity index (χ2n) is 4.53. The molecule has 2 atom stereocenters. The van der Waals surface area contributed by atoms with Crippen molar-refractivity contribution in [3.8, 4) is 0 Å². The molecule has 1 aliphatic rings. The average molecular weight is 259 g/mol. The lowest BCUT2D eigenvalue weighted by Gasteiger charge is -2.29. The van der Waals surface area contributed by atoms with E-state index in [2.05, 4.69) is 4.98 Å². The zero-order valence-electron chi connectivity index (χ0n) is 9.43. The molecule has 1 aromatic rings. The third-order valence-electron chi connectivity index (χ3n) is 3.28. The van der Waals surface area contributed by atoms with Crippen molar-refractivity contribution in [3.63, 3.8) is 0 Å². The zero-order chi connectivity index (χ0) is 12.7. The van der Waals surface area contributed by atoms with E-state index in [9.17, 15) is 17.9 Å². The molecular formula is C11H14FNO3S. The first kappa shape index (κ1) is 12.4. The molecule has 1 aromatic heterocycles. The molecule has 2 unspecified atom stereocenters.